The van der Waals surface area contributed by atoms with Gasteiger partial charge >= 0.3 is 6.09 Å². The van der Waals surface area contributed by atoms with Crippen LogP contribution >= 0.6 is 0 Å². The van der Waals surface area contributed by atoms with Crippen molar-refractivity contribution < 1.29 is 9.90 Å². The van der Waals surface area contributed by atoms with E-state index in [0.29, 0.717) is 13.1 Å². The monoisotopic (exact) mass is 220 g/mol. The van der Waals surface area contributed by atoms with Crippen molar-refractivity contribution in [3.05, 3.63) is 23.4 Å². The van der Waals surface area contributed by atoms with Crippen molar-refractivity contribution in [2.24, 2.45) is 4.99 Å². The van der Waals surface area contributed by atoms with E-state index in [0.717, 1.165) is 31.4 Å². The molecular formula is C12H16N2O2. The molecule has 0 unspecified atom stereocenters. The third kappa shape index (κ3) is 2.51. The lowest BCUT2D eigenvalue weighted by Crippen LogP contribution is -2.35. The lowest BCUT2D eigenvalue weighted by atomic mass is 10.0. The highest BCUT2D eigenvalue weighted by Gasteiger charge is 2.20. The maximum Gasteiger partial charge on any atom is 0.407 e. The highest BCUT2D eigenvalue weighted by molar-refractivity contribution is 5.66. The van der Waals surface area contributed by atoms with Gasteiger partial charge in [0.05, 0.1) is 12.2 Å². The summed E-state index contributed by atoms with van der Waals surface area (Å²) in [7, 11) is 0. The second-order valence-corrected chi connectivity index (χ2v) is 4.07. The Kier molecular flexibility index (Phi) is 3.39. The Morgan fingerprint density at radius 3 is 3.12 bits per heavy atom. The predicted molar refractivity (Wildman–Crippen MR) is 62.7 cm³/mol. The van der Waals surface area contributed by atoms with Crippen LogP contribution in [0.25, 0.3) is 0 Å². The summed E-state index contributed by atoms with van der Waals surface area (Å²) in [4.78, 5) is 16.7. The van der Waals surface area contributed by atoms with Crippen LogP contribution in [0.15, 0.2) is 28.4 Å². The van der Waals surface area contributed by atoms with E-state index in [1.54, 1.807) is 0 Å². The zero-order valence-corrected chi connectivity index (χ0v) is 9.22. The second kappa shape index (κ2) is 4.96. The highest BCUT2D eigenvalue weighted by Crippen LogP contribution is 2.21. The molecule has 0 aromatic rings. The predicted octanol–water partition coefficient (Wildman–Crippen LogP) is 2.44. The average molecular weight is 220 g/mol. The van der Waals surface area contributed by atoms with Gasteiger partial charge in [-0.3, -0.25) is 4.99 Å². The van der Waals surface area contributed by atoms with Crippen LogP contribution in [0.2, 0.25) is 0 Å². The number of allylic oxidation sites excluding steroid dienone is 2. The zero-order chi connectivity index (χ0) is 11.4. The maximum absolute atomic E-state index is 10.9. The fourth-order valence-corrected chi connectivity index (χ4v) is 1.95. The summed E-state index contributed by atoms with van der Waals surface area (Å²) in [5, 5.41) is 8.94. The van der Waals surface area contributed by atoms with E-state index in [9.17, 15) is 4.79 Å². The molecule has 0 aromatic carbocycles. The molecule has 2 aliphatic heterocycles. The Hall–Kier alpha value is -1.58. The summed E-state index contributed by atoms with van der Waals surface area (Å²) in [6.07, 6.45) is 9.26. The molecular weight excluding hydrogens is 204 g/mol. The van der Waals surface area contributed by atoms with E-state index in [4.69, 9.17) is 5.11 Å². The molecule has 0 spiro atoms. The number of carboxylic acid groups (broad SMARTS) is 1. The summed E-state index contributed by atoms with van der Waals surface area (Å²) in [5.74, 6) is 0. The normalized spacial score (nSPS) is 23.1. The number of hydrogen-bond acceptors (Lipinski definition) is 2. The topological polar surface area (TPSA) is 52.9 Å². The first kappa shape index (κ1) is 10.9. The molecule has 4 nitrogen and oxygen atoms in total. The number of rotatable bonds is 0. The van der Waals surface area contributed by atoms with Gasteiger partial charge in [-0.1, -0.05) is 12.2 Å². The van der Waals surface area contributed by atoms with Crippen molar-refractivity contribution in [3.8, 4) is 0 Å². The SMILES string of the molecule is O=C(O)N1CCC2=C(C1)N=CCCC/C=C/2. The third-order valence-electron chi connectivity index (χ3n) is 2.90. The Balaban J connectivity index is 2.21. The first-order valence-electron chi connectivity index (χ1n) is 5.66. The summed E-state index contributed by atoms with van der Waals surface area (Å²) in [5.41, 5.74) is 2.10. The summed E-state index contributed by atoms with van der Waals surface area (Å²) in [6, 6.07) is 0. The van der Waals surface area contributed by atoms with Gasteiger partial charge < -0.3 is 10.0 Å². The zero-order valence-electron chi connectivity index (χ0n) is 9.22. The molecule has 16 heavy (non-hydrogen) atoms. The minimum atomic E-state index is -0.856. The molecule has 0 fully saturated rings. The molecule has 0 saturated heterocycles. The Bertz CT molecular complexity index is 369. The number of aliphatic imine (C=N–C) groups is 1. The maximum atomic E-state index is 10.9. The van der Waals surface area contributed by atoms with Crippen LogP contribution in [0.5, 0.6) is 0 Å². The van der Waals surface area contributed by atoms with Crippen LogP contribution in [0, 0.1) is 0 Å². The van der Waals surface area contributed by atoms with E-state index >= 15 is 0 Å². The molecule has 4 heteroatoms. The number of carbonyl (C=O) groups is 1. The van der Waals surface area contributed by atoms with Gasteiger partial charge in [-0.25, -0.2) is 4.79 Å². The lowest BCUT2D eigenvalue weighted by Gasteiger charge is -2.25. The molecule has 0 aliphatic carbocycles. The van der Waals surface area contributed by atoms with Crippen LogP contribution in [0.4, 0.5) is 4.79 Å². The van der Waals surface area contributed by atoms with Crippen molar-refractivity contribution in [1.82, 2.24) is 4.90 Å². The summed E-state index contributed by atoms with van der Waals surface area (Å²) >= 11 is 0. The molecule has 2 heterocycles. The van der Waals surface area contributed by atoms with E-state index in [1.807, 2.05) is 6.21 Å². The van der Waals surface area contributed by atoms with Gasteiger partial charge in [0.15, 0.2) is 0 Å². The molecule has 0 aromatic heterocycles. The molecule has 0 bridgehead atoms. The minimum absolute atomic E-state index is 0.422. The Morgan fingerprint density at radius 2 is 2.31 bits per heavy atom. The Labute approximate surface area is 95.0 Å². The number of hydrogen-bond donors (Lipinski definition) is 1. The van der Waals surface area contributed by atoms with Crippen molar-refractivity contribution in [1.29, 1.82) is 0 Å². The average Bonchev–Trinajstić information content (AvgIpc) is 2.39. The molecule has 0 atom stereocenters. The molecule has 86 valence electrons. The van der Waals surface area contributed by atoms with Crippen LogP contribution in [0.3, 0.4) is 0 Å². The van der Waals surface area contributed by atoms with Gasteiger partial charge in [0.2, 0.25) is 0 Å². The fraction of sp³-hybridized carbons (Fsp3) is 0.500. The van der Waals surface area contributed by atoms with Crippen LogP contribution in [0.1, 0.15) is 25.7 Å². The van der Waals surface area contributed by atoms with Gasteiger partial charge in [0.1, 0.15) is 0 Å². The van der Waals surface area contributed by atoms with Crippen LogP contribution in [-0.2, 0) is 0 Å². The Morgan fingerprint density at radius 1 is 1.44 bits per heavy atom. The van der Waals surface area contributed by atoms with Gasteiger partial charge in [-0.05, 0) is 31.3 Å². The van der Waals surface area contributed by atoms with Crippen molar-refractivity contribution in [3.63, 3.8) is 0 Å². The number of amides is 1. The molecule has 2 aliphatic rings. The van der Waals surface area contributed by atoms with Gasteiger partial charge in [-0.2, -0.15) is 0 Å². The highest BCUT2D eigenvalue weighted by atomic mass is 16.4. The fourth-order valence-electron chi connectivity index (χ4n) is 1.95. The van der Waals surface area contributed by atoms with E-state index in [1.165, 1.54) is 10.5 Å². The minimum Gasteiger partial charge on any atom is -0.465 e. The molecule has 1 amide bonds. The lowest BCUT2D eigenvalue weighted by molar-refractivity contribution is 0.147. The van der Waals surface area contributed by atoms with E-state index < -0.39 is 6.09 Å². The van der Waals surface area contributed by atoms with Gasteiger partial charge in [0, 0.05) is 12.8 Å². The van der Waals surface area contributed by atoms with Gasteiger partial charge in [0.25, 0.3) is 0 Å². The first-order valence-corrected chi connectivity index (χ1v) is 5.66. The quantitative estimate of drug-likeness (QED) is 0.681. The molecule has 0 saturated carbocycles. The van der Waals surface area contributed by atoms with E-state index in [2.05, 4.69) is 17.1 Å². The van der Waals surface area contributed by atoms with Crippen molar-refractivity contribution >= 4 is 12.3 Å². The summed E-state index contributed by atoms with van der Waals surface area (Å²) in [6.45, 7) is 1.000. The smallest absolute Gasteiger partial charge is 0.407 e. The largest absolute Gasteiger partial charge is 0.465 e. The van der Waals surface area contributed by atoms with Crippen molar-refractivity contribution in [2.75, 3.05) is 13.1 Å². The number of nitrogens with zero attached hydrogens (tertiary/aromatic N) is 2. The molecule has 0 radical (unpaired) electrons. The van der Waals surface area contributed by atoms with Crippen LogP contribution in [-0.4, -0.2) is 35.4 Å². The molecule has 2 rings (SSSR count). The standard InChI is InChI=1S/C12H16N2O2/c15-12(16)14-8-6-10-5-3-1-2-4-7-13-11(10)9-14/h3,5,7H,1-2,4,6,8-9H2,(H,15,16)/b5-3+,13-7?. The van der Waals surface area contributed by atoms with Gasteiger partial charge in [-0.15, -0.1) is 0 Å². The first-order chi connectivity index (χ1) is 7.77. The summed E-state index contributed by atoms with van der Waals surface area (Å²) < 4.78 is 0. The second-order valence-electron chi connectivity index (χ2n) is 4.07. The molecule has 1 N–H and O–H groups in total. The van der Waals surface area contributed by atoms with Crippen LogP contribution < -0.4 is 0 Å². The third-order valence-corrected chi connectivity index (χ3v) is 2.90. The van der Waals surface area contributed by atoms with Crippen molar-refractivity contribution in [2.45, 2.75) is 25.7 Å². The van der Waals surface area contributed by atoms with E-state index in [-0.39, 0.29) is 0 Å².